The fourth-order valence-corrected chi connectivity index (χ4v) is 4.12. The highest BCUT2D eigenvalue weighted by molar-refractivity contribution is 5.76. The molecule has 0 unspecified atom stereocenters. The van der Waals surface area contributed by atoms with Crippen LogP contribution >= 0.6 is 0 Å². The second-order valence-corrected chi connectivity index (χ2v) is 8.30. The average molecular weight is 444 g/mol. The molecule has 170 valence electrons. The van der Waals surface area contributed by atoms with Crippen molar-refractivity contribution in [1.29, 1.82) is 0 Å². The van der Waals surface area contributed by atoms with Gasteiger partial charge in [0.25, 0.3) is 5.78 Å². The Morgan fingerprint density at radius 2 is 1.76 bits per heavy atom. The molecule has 0 saturated carbocycles. The van der Waals surface area contributed by atoms with E-state index in [9.17, 15) is 4.79 Å². The average Bonchev–Trinajstić information content (AvgIpc) is 3.27. The molecule has 7 heteroatoms. The third kappa shape index (κ3) is 5.03. The van der Waals surface area contributed by atoms with E-state index in [0.717, 1.165) is 39.4 Å². The number of carbonyl (C=O) groups excluding carboxylic acids is 1. The fourth-order valence-electron chi connectivity index (χ4n) is 4.12. The topological polar surface area (TPSA) is 81.4 Å². The van der Waals surface area contributed by atoms with Crippen LogP contribution < -0.4 is 10.1 Å². The zero-order chi connectivity index (χ0) is 23.4. The number of nitrogens with zero attached hydrogens (tertiary/aromatic N) is 4. The first-order valence-electron chi connectivity index (χ1n) is 11.1. The van der Waals surface area contributed by atoms with Crippen molar-refractivity contribution in [2.75, 3.05) is 6.61 Å². The molecule has 0 spiro atoms. The molecule has 0 fully saturated rings. The number of carbonyl (C=O) groups is 1. The number of ether oxygens (including phenoxy) is 1. The van der Waals surface area contributed by atoms with Crippen LogP contribution in [0.15, 0.2) is 54.9 Å². The third-order valence-corrected chi connectivity index (χ3v) is 5.93. The van der Waals surface area contributed by atoms with Crippen LogP contribution in [-0.4, -0.2) is 32.1 Å². The van der Waals surface area contributed by atoms with Crippen molar-refractivity contribution in [3.05, 3.63) is 88.5 Å². The molecule has 4 aromatic rings. The lowest BCUT2D eigenvalue weighted by Crippen LogP contribution is -2.32. The lowest BCUT2D eigenvalue weighted by molar-refractivity contribution is -0.122. The second-order valence-electron chi connectivity index (χ2n) is 8.30. The maximum Gasteiger partial charge on any atom is 0.252 e. The number of hydrogen-bond acceptors (Lipinski definition) is 5. The van der Waals surface area contributed by atoms with E-state index in [-0.39, 0.29) is 11.9 Å². The van der Waals surface area contributed by atoms with Gasteiger partial charge in [-0.2, -0.15) is 10.1 Å². The van der Waals surface area contributed by atoms with Crippen molar-refractivity contribution >= 4 is 11.7 Å². The molecule has 2 aromatic carbocycles. The summed E-state index contributed by atoms with van der Waals surface area (Å²) in [7, 11) is 0. The zero-order valence-corrected chi connectivity index (χ0v) is 19.5. The van der Waals surface area contributed by atoms with Gasteiger partial charge in [-0.3, -0.25) is 4.79 Å². The summed E-state index contributed by atoms with van der Waals surface area (Å²) in [5.41, 5.74) is 6.02. The second kappa shape index (κ2) is 9.81. The highest BCUT2D eigenvalue weighted by Crippen LogP contribution is 2.24. The quantitative estimate of drug-likeness (QED) is 0.441. The molecule has 2 heterocycles. The first-order valence-corrected chi connectivity index (χ1v) is 11.1. The Labute approximate surface area is 193 Å². The van der Waals surface area contributed by atoms with E-state index in [0.29, 0.717) is 25.2 Å². The minimum absolute atomic E-state index is 0.0357. The van der Waals surface area contributed by atoms with Crippen LogP contribution in [0.5, 0.6) is 5.75 Å². The van der Waals surface area contributed by atoms with E-state index in [1.807, 2.05) is 76.2 Å². The number of amides is 1. The van der Waals surface area contributed by atoms with Gasteiger partial charge in [-0.1, -0.05) is 48.5 Å². The van der Waals surface area contributed by atoms with Crippen LogP contribution in [0.4, 0.5) is 0 Å². The summed E-state index contributed by atoms with van der Waals surface area (Å²) >= 11 is 0. The van der Waals surface area contributed by atoms with Gasteiger partial charge in [0.05, 0.1) is 6.04 Å². The van der Waals surface area contributed by atoms with Gasteiger partial charge in [0.2, 0.25) is 5.91 Å². The van der Waals surface area contributed by atoms with Crippen LogP contribution in [0.2, 0.25) is 0 Å². The SMILES string of the molecule is Cc1cccc(C)c1OC[C@H](NC(=O)CCc1c(C)nc2ncnn2c1C)c1ccccc1. The van der Waals surface area contributed by atoms with E-state index in [2.05, 4.69) is 20.4 Å². The Kier molecular flexibility index (Phi) is 6.68. The molecular weight excluding hydrogens is 414 g/mol. The van der Waals surface area contributed by atoms with E-state index < -0.39 is 0 Å². The van der Waals surface area contributed by atoms with Gasteiger partial charge in [-0.05, 0) is 56.4 Å². The van der Waals surface area contributed by atoms with Crippen molar-refractivity contribution in [3.63, 3.8) is 0 Å². The predicted octanol–water partition coefficient (Wildman–Crippen LogP) is 4.23. The standard InChI is InChI=1S/C26H29N5O2/c1-17-9-8-10-18(2)25(17)33-15-23(21-11-6-5-7-12-21)30-24(32)14-13-22-19(3)29-26-27-16-28-31(26)20(22)4/h5-12,16,23H,13-15H2,1-4H3,(H,30,32)/t23-/m0/s1. The Morgan fingerprint density at radius 1 is 1.03 bits per heavy atom. The Hall–Kier alpha value is -3.74. The maximum atomic E-state index is 13.0. The molecule has 0 radical (unpaired) electrons. The molecule has 0 bridgehead atoms. The van der Waals surface area contributed by atoms with E-state index >= 15 is 0 Å². The molecule has 1 N–H and O–H groups in total. The lowest BCUT2D eigenvalue weighted by Gasteiger charge is -2.21. The van der Waals surface area contributed by atoms with Gasteiger partial charge in [0.15, 0.2) is 0 Å². The molecule has 7 nitrogen and oxygen atoms in total. The smallest absolute Gasteiger partial charge is 0.252 e. The third-order valence-electron chi connectivity index (χ3n) is 5.93. The van der Waals surface area contributed by atoms with Gasteiger partial charge in [0, 0.05) is 17.8 Å². The molecular formula is C26H29N5O2. The molecule has 0 saturated heterocycles. The molecule has 4 rings (SSSR count). The lowest BCUT2D eigenvalue weighted by atomic mass is 10.0. The highest BCUT2D eigenvalue weighted by atomic mass is 16.5. The van der Waals surface area contributed by atoms with Gasteiger partial charge in [-0.15, -0.1) is 0 Å². The van der Waals surface area contributed by atoms with Crippen molar-refractivity contribution < 1.29 is 9.53 Å². The van der Waals surface area contributed by atoms with Crippen molar-refractivity contribution in [2.45, 2.75) is 46.6 Å². The summed E-state index contributed by atoms with van der Waals surface area (Å²) in [4.78, 5) is 21.6. The van der Waals surface area contributed by atoms with Crippen molar-refractivity contribution in [1.82, 2.24) is 24.9 Å². The summed E-state index contributed by atoms with van der Waals surface area (Å²) in [5.74, 6) is 1.41. The molecule has 1 atom stereocenters. The van der Waals surface area contributed by atoms with E-state index in [4.69, 9.17) is 4.74 Å². The number of para-hydroxylation sites is 1. The van der Waals surface area contributed by atoms with Crippen molar-refractivity contribution in [2.24, 2.45) is 0 Å². The Balaban J connectivity index is 1.46. The van der Waals surface area contributed by atoms with Crippen molar-refractivity contribution in [3.8, 4) is 5.75 Å². The van der Waals surface area contributed by atoms with Gasteiger partial charge in [-0.25, -0.2) is 9.50 Å². The number of nitrogens with one attached hydrogen (secondary N) is 1. The largest absolute Gasteiger partial charge is 0.491 e. The summed E-state index contributed by atoms with van der Waals surface area (Å²) in [6, 6.07) is 15.8. The monoisotopic (exact) mass is 443 g/mol. The molecule has 0 aliphatic heterocycles. The van der Waals surface area contributed by atoms with Crippen LogP contribution in [0.25, 0.3) is 5.78 Å². The molecule has 2 aromatic heterocycles. The van der Waals surface area contributed by atoms with Crippen LogP contribution in [0, 0.1) is 27.7 Å². The molecule has 33 heavy (non-hydrogen) atoms. The number of rotatable bonds is 8. The van der Waals surface area contributed by atoms with Gasteiger partial charge in [0.1, 0.15) is 18.7 Å². The normalized spacial score (nSPS) is 12.0. The Bertz CT molecular complexity index is 1250. The van der Waals surface area contributed by atoms with Crippen LogP contribution in [-0.2, 0) is 11.2 Å². The molecule has 1 amide bonds. The van der Waals surface area contributed by atoms with Gasteiger partial charge >= 0.3 is 0 Å². The highest BCUT2D eigenvalue weighted by Gasteiger charge is 2.18. The number of aryl methyl sites for hydroxylation is 4. The first kappa shape index (κ1) is 22.5. The summed E-state index contributed by atoms with van der Waals surface area (Å²) in [5, 5.41) is 7.39. The van der Waals surface area contributed by atoms with Crippen LogP contribution in [0.3, 0.4) is 0 Å². The predicted molar refractivity (Wildman–Crippen MR) is 127 cm³/mol. The summed E-state index contributed by atoms with van der Waals surface area (Å²) in [6.45, 7) is 8.34. The van der Waals surface area contributed by atoms with E-state index in [1.165, 1.54) is 6.33 Å². The minimum atomic E-state index is -0.254. The Morgan fingerprint density at radius 3 is 2.48 bits per heavy atom. The number of fused-ring (bicyclic) bond motifs is 1. The van der Waals surface area contributed by atoms with Gasteiger partial charge < -0.3 is 10.1 Å². The first-order chi connectivity index (χ1) is 15.9. The molecule has 0 aliphatic rings. The maximum absolute atomic E-state index is 13.0. The zero-order valence-electron chi connectivity index (χ0n) is 19.5. The number of hydrogen-bond donors (Lipinski definition) is 1. The number of aromatic nitrogens is 4. The summed E-state index contributed by atoms with van der Waals surface area (Å²) in [6.07, 6.45) is 2.41. The minimum Gasteiger partial charge on any atom is -0.491 e. The fraction of sp³-hybridized carbons (Fsp3) is 0.308. The molecule has 0 aliphatic carbocycles. The van der Waals surface area contributed by atoms with Crippen LogP contribution in [0.1, 0.15) is 46.1 Å². The number of benzene rings is 2. The van der Waals surface area contributed by atoms with E-state index in [1.54, 1.807) is 4.52 Å². The summed E-state index contributed by atoms with van der Waals surface area (Å²) < 4.78 is 7.90.